The van der Waals surface area contributed by atoms with Gasteiger partial charge in [0.05, 0.1) is 28.4 Å². The van der Waals surface area contributed by atoms with Crippen LogP contribution >= 0.6 is 23.2 Å². The fourth-order valence-corrected chi connectivity index (χ4v) is 5.65. The lowest BCUT2D eigenvalue weighted by Gasteiger charge is -2.14. The van der Waals surface area contributed by atoms with Gasteiger partial charge in [-0.25, -0.2) is 0 Å². The fourth-order valence-electron chi connectivity index (χ4n) is 5.27. The second-order valence-electron chi connectivity index (χ2n) is 10.7. The maximum atomic E-state index is 6.13. The number of rotatable bonds is 6. The molecule has 6 rings (SSSR count). The van der Waals surface area contributed by atoms with E-state index in [9.17, 15) is 0 Å². The number of halogens is 2. The first-order valence-electron chi connectivity index (χ1n) is 14.5. The Morgan fingerprint density at radius 2 is 0.870 bits per heavy atom. The van der Waals surface area contributed by atoms with Gasteiger partial charge in [0.1, 0.15) is 11.4 Å². The van der Waals surface area contributed by atoms with Crippen LogP contribution in [-0.2, 0) is 12.8 Å². The Morgan fingerprint density at radius 1 is 0.500 bits per heavy atom. The number of methoxy groups -OCH3 is 4. The highest BCUT2D eigenvalue weighted by Crippen LogP contribution is 2.35. The van der Waals surface area contributed by atoms with E-state index in [0.29, 0.717) is 45.9 Å². The number of fused-ring (bicyclic) bond motifs is 2. The quantitative estimate of drug-likeness (QED) is 0.209. The average molecular weight is 658 g/mol. The van der Waals surface area contributed by atoms with Gasteiger partial charge in [-0.15, -0.1) is 10.2 Å². The highest BCUT2D eigenvalue weighted by atomic mass is 35.5. The number of ether oxygens (including phenoxy) is 4. The SMILES string of the molecule is COc1cc2c(cc1OC)C(c1cccc(Cl)c1)=NN=C(C)C2.COc1cc2c(cc1OC)C(c1cccc(Cl)c1)=NN=C(C)C2. The van der Waals surface area contributed by atoms with Crippen molar-refractivity contribution in [2.45, 2.75) is 26.7 Å². The Morgan fingerprint density at radius 3 is 1.22 bits per heavy atom. The summed E-state index contributed by atoms with van der Waals surface area (Å²) in [5, 5.41) is 18.8. The Kier molecular flexibility index (Phi) is 10.4. The molecule has 0 bridgehead atoms. The summed E-state index contributed by atoms with van der Waals surface area (Å²) in [5.41, 5.74) is 9.43. The van der Waals surface area contributed by atoms with E-state index < -0.39 is 0 Å². The summed E-state index contributed by atoms with van der Waals surface area (Å²) in [7, 11) is 6.51. The molecule has 0 radical (unpaired) electrons. The third kappa shape index (κ3) is 7.25. The van der Waals surface area contributed by atoms with Crippen LogP contribution in [0.4, 0.5) is 0 Å². The molecule has 0 aliphatic carbocycles. The summed E-state index contributed by atoms with van der Waals surface area (Å²) in [4.78, 5) is 0. The summed E-state index contributed by atoms with van der Waals surface area (Å²) >= 11 is 12.3. The van der Waals surface area contributed by atoms with E-state index in [0.717, 1.165) is 56.2 Å². The summed E-state index contributed by atoms with van der Waals surface area (Å²) in [6.07, 6.45) is 1.42. The molecule has 8 nitrogen and oxygen atoms in total. The molecule has 0 spiro atoms. The van der Waals surface area contributed by atoms with Crippen molar-refractivity contribution < 1.29 is 18.9 Å². The van der Waals surface area contributed by atoms with Crippen LogP contribution in [-0.4, -0.2) is 51.3 Å². The first kappa shape index (κ1) is 32.7. The fraction of sp³-hybridized carbons (Fsp3) is 0.222. The van der Waals surface area contributed by atoms with E-state index in [2.05, 4.69) is 20.4 Å². The van der Waals surface area contributed by atoms with Crippen molar-refractivity contribution in [1.82, 2.24) is 0 Å². The average Bonchev–Trinajstić information content (AvgIpc) is 3.32. The maximum Gasteiger partial charge on any atom is 0.161 e. The van der Waals surface area contributed by atoms with Crippen LogP contribution < -0.4 is 18.9 Å². The van der Waals surface area contributed by atoms with E-state index in [4.69, 9.17) is 42.1 Å². The smallest absolute Gasteiger partial charge is 0.161 e. The largest absolute Gasteiger partial charge is 0.493 e. The van der Waals surface area contributed by atoms with Crippen LogP contribution in [0.1, 0.15) is 47.2 Å². The van der Waals surface area contributed by atoms with Crippen molar-refractivity contribution >= 4 is 46.0 Å². The molecule has 4 aromatic carbocycles. The second kappa shape index (κ2) is 14.6. The van der Waals surface area contributed by atoms with Gasteiger partial charge in [0, 0.05) is 56.6 Å². The van der Waals surface area contributed by atoms with E-state index >= 15 is 0 Å². The third-order valence-corrected chi connectivity index (χ3v) is 7.93. The Labute approximate surface area is 279 Å². The molecule has 4 aromatic rings. The standard InChI is InChI=1S/2C18H17ClN2O2/c2*1-11-7-13-9-16(22-2)17(23-3)10-15(13)18(21-20-11)12-5-4-6-14(19)8-12/h2*4-6,8-10H,7H2,1-3H3. The third-order valence-electron chi connectivity index (χ3n) is 7.46. The van der Waals surface area contributed by atoms with Crippen LogP contribution in [0.5, 0.6) is 23.0 Å². The Balaban J connectivity index is 0.000000181. The normalized spacial score (nSPS) is 13.6. The first-order chi connectivity index (χ1) is 22.2. The summed E-state index contributed by atoms with van der Waals surface area (Å²) < 4.78 is 21.7. The van der Waals surface area contributed by atoms with Crippen molar-refractivity contribution in [1.29, 1.82) is 0 Å². The van der Waals surface area contributed by atoms with Gasteiger partial charge in [-0.1, -0.05) is 47.5 Å². The molecule has 0 N–H and O–H groups in total. The van der Waals surface area contributed by atoms with Gasteiger partial charge in [-0.05, 0) is 73.5 Å². The summed E-state index contributed by atoms with van der Waals surface area (Å²) in [5.74, 6) is 2.74. The van der Waals surface area contributed by atoms with Gasteiger partial charge in [-0.2, -0.15) is 10.2 Å². The lowest BCUT2D eigenvalue weighted by atomic mass is 9.94. The van der Waals surface area contributed by atoms with Crippen molar-refractivity contribution in [3.63, 3.8) is 0 Å². The van der Waals surface area contributed by atoms with Crippen molar-refractivity contribution in [2.75, 3.05) is 28.4 Å². The molecule has 0 saturated carbocycles. The topological polar surface area (TPSA) is 86.4 Å². The molecule has 0 unspecified atom stereocenters. The van der Waals surface area contributed by atoms with E-state index in [-0.39, 0.29) is 0 Å². The van der Waals surface area contributed by atoms with Crippen LogP contribution in [0.25, 0.3) is 0 Å². The molecule has 0 atom stereocenters. The Hall–Kier alpha value is -4.66. The lowest BCUT2D eigenvalue weighted by molar-refractivity contribution is 0.354. The first-order valence-corrected chi connectivity index (χ1v) is 15.2. The number of benzene rings is 4. The van der Waals surface area contributed by atoms with Crippen molar-refractivity contribution in [3.05, 3.63) is 116 Å². The molecular formula is C36H34Cl2N4O4. The van der Waals surface area contributed by atoms with Crippen molar-refractivity contribution in [3.8, 4) is 23.0 Å². The predicted molar refractivity (Wildman–Crippen MR) is 187 cm³/mol. The minimum Gasteiger partial charge on any atom is -0.493 e. The zero-order valence-corrected chi connectivity index (χ0v) is 28.0. The van der Waals surface area contributed by atoms with Crippen LogP contribution in [0, 0.1) is 0 Å². The molecule has 0 aromatic heterocycles. The monoisotopic (exact) mass is 656 g/mol. The van der Waals surface area contributed by atoms with Crippen LogP contribution in [0.3, 0.4) is 0 Å². The van der Waals surface area contributed by atoms with E-state index in [1.54, 1.807) is 28.4 Å². The maximum absolute atomic E-state index is 6.13. The lowest BCUT2D eigenvalue weighted by Crippen LogP contribution is -2.08. The van der Waals surface area contributed by atoms with Gasteiger partial charge >= 0.3 is 0 Å². The molecule has 0 fully saturated rings. The van der Waals surface area contributed by atoms with Crippen molar-refractivity contribution in [2.24, 2.45) is 20.4 Å². The highest BCUT2D eigenvalue weighted by Gasteiger charge is 2.21. The van der Waals surface area contributed by atoms with Crippen LogP contribution in [0.15, 0.2) is 93.2 Å². The zero-order valence-electron chi connectivity index (χ0n) is 26.5. The molecule has 236 valence electrons. The van der Waals surface area contributed by atoms with Gasteiger partial charge < -0.3 is 18.9 Å². The van der Waals surface area contributed by atoms with Gasteiger partial charge in [0.2, 0.25) is 0 Å². The van der Waals surface area contributed by atoms with Gasteiger partial charge in [0.25, 0.3) is 0 Å². The summed E-state index contributed by atoms with van der Waals surface area (Å²) in [6.45, 7) is 3.93. The zero-order chi connectivity index (χ0) is 32.8. The summed E-state index contributed by atoms with van der Waals surface area (Å²) in [6, 6.07) is 23.1. The highest BCUT2D eigenvalue weighted by molar-refractivity contribution is 6.31. The molecule has 2 aliphatic heterocycles. The number of hydrogen-bond donors (Lipinski definition) is 0. The molecule has 46 heavy (non-hydrogen) atoms. The molecular weight excluding hydrogens is 623 g/mol. The Bertz CT molecular complexity index is 1760. The number of nitrogens with zero attached hydrogens (tertiary/aromatic N) is 4. The van der Waals surface area contributed by atoms with E-state index in [1.165, 1.54) is 0 Å². The minimum absolute atomic E-state index is 0.664. The van der Waals surface area contributed by atoms with E-state index in [1.807, 2.05) is 86.6 Å². The molecule has 10 heteroatoms. The molecule has 2 aliphatic rings. The second-order valence-corrected chi connectivity index (χ2v) is 11.5. The minimum atomic E-state index is 0.664. The van der Waals surface area contributed by atoms with Gasteiger partial charge in [-0.3, -0.25) is 0 Å². The molecule has 0 amide bonds. The number of hydrogen-bond acceptors (Lipinski definition) is 8. The molecule has 0 saturated heterocycles. The van der Waals surface area contributed by atoms with Crippen LogP contribution in [0.2, 0.25) is 10.0 Å². The van der Waals surface area contributed by atoms with Gasteiger partial charge in [0.15, 0.2) is 23.0 Å². The molecule has 2 heterocycles. The predicted octanol–water partition coefficient (Wildman–Crippen LogP) is 8.25.